The average Bonchev–Trinajstić information content (AvgIpc) is 2.46. The molecular weight excluding hydrogens is 248 g/mol. The van der Waals surface area contributed by atoms with E-state index in [1.165, 1.54) is 24.8 Å². The summed E-state index contributed by atoms with van der Waals surface area (Å²) < 4.78 is 5.23. The highest BCUT2D eigenvalue weighted by atomic mass is 28.3. The molecule has 1 fully saturated rings. The van der Waals surface area contributed by atoms with E-state index in [4.69, 9.17) is 4.74 Å². The van der Waals surface area contributed by atoms with E-state index in [2.05, 4.69) is 38.1 Å². The molecule has 2 rings (SSSR count). The van der Waals surface area contributed by atoms with Crippen LogP contribution in [0.1, 0.15) is 44.6 Å². The summed E-state index contributed by atoms with van der Waals surface area (Å²) in [4.78, 5) is 0. The Kier molecular flexibility index (Phi) is 5.50. The van der Waals surface area contributed by atoms with E-state index in [1.54, 1.807) is 25.2 Å². The second-order valence-corrected chi connectivity index (χ2v) is 9.93. The maximum absolute atomic E-state index is 5.23. The summed E-state index contributed by atoms with van der Waals surface area (Å²) >= 11 is 0. The summed E-state index contributed by atoms with van der Waals surface area (Å²) in [6.45, 7) is 4.72. The van der Waals surface area contributed by atoms with Gasteiger partial charge in [0, 0.05) is 8.80 Å². The molecule has 1 aliphatic heterocycles. The largest absolute Gasteiger partial charge is 0.497 e. The molecule has 0 N–H and O–H groups in total. The SMILES string of the molecule is COc1ccc(C2CC[SiH](CCC(C)C)CC2)cc1. The molecule has 2 heteroatoms. The van der Waals surface area contributed by atoms with Gasteiger partial charge in [-0.05, 0) is 42.4 Å². The van der Waals surface area contributed by atoms with Crippen molar-refractivity contribution in [2.75, 3.05) is 7.11 Å². The van der Waals surface area contributed by atoms with Crippen molar-refractivity contribution in [3.8, 4) is 5.75 Å². The third-order valence-corrected chi connectivity index (χ3v) is 8.04. The van der Waals surface area contributed by atoms with Gasteiger partial charge in [0.15, 0.2) is 0 Å². The fourth-order valence-electron chi connectivity index (χ4n) is 3.23. The second-order valence-electron chi connectivity index (χ2n) is 6.46. The van der Waals surface area contributed by atoms with Gasteiger partial charge < -0.3 is 4.74 Å². The van der Waals surface area contributed by atoms with Gasteiger partial charge >= 0.3 is 0 Å². The Morgan fingerprint density at radius 2 is 1.79 bits per heavy atom. The molecule has 1 aliphatic rings. The van der Waals surface area contributed by atoms with Crippen LogP contribution in [0.3, 0.4) is 0 Å². The van der Waals surface area contributed by atoms with Gasteiger partial charge in [0.1, 0.15) is 5.75 Å². The summed E-state index contributed by atoms with van der Waals surface area (Å²) in [5.74, 6) is 2.68. The van der Waals surface area contributed by atoms with Crippen LogP contribution in [0.4, 0.5) is 0 Å². The molecular formula is C17H28OSi. The number of methoxy groups -OCH3 is 1. The second kappa shape index (κ2) is 7.13. The molecule has 0 spiro atoms. The fraction of sp³-hybridized carbons (Fsp3) is 0.647. The van der Waals surface area contributed by atoms with Gasteiger partial charge in [0.25, 0.3) is 0 Å². The Morgan fingerprint density at radius 3 is 2.32 bits per heavy atom. The number of hydrogen-bond acceptors (Lipinski definition) is 1. The van der Waals surface area contributed by atoms with E-state index in [9.17, 15) is 0 Å². The van der Waals surface area contributed by atoms with E-state index >= 15 is 0 Å². The Labute approximate surface area is 120 Å². The van der Waals surface area contributed by atoms with Crippen molar-refractivity contribution in [1.82, 2.24) is 0 Å². The minimum absolute atomic E-state index is 0.385. The minimum atomic E-state index is -0.385. The predicted octanol–water partition coefficient (Wildman–Crippen LogP) is 4.85. The van der Waals surface area contributed by atoms with Crippen molar-refractivity contribution in [3.05, 3.63) is 29.8 Å². The van der Waals surface area contributed by atoms with Crippen LogP contribution in [0.5, 0.6) is 5.75 Å². The Balaban J connectivity index is 1.81. The lowest BCUT2D eigenvalue weighted by atomic mass is 9.93. The Morgan fingerprint density at radius 1 is 1.16 bits per heavy atom. The molecule has 0 saturated carbocycles. The molecule has 0 amide bonds. The predicted molar refractivity (Wildman–Crippen MR) is 86.0 cm³/mol. The number of ether oxygens (including phenoxy) is 1. The van der Waals surface area contributed by atoms with Gasteiger partial charge in [0.05, 0.1) is 7.11 Å². The topological polar surface area (TPSA) is 9.23 Å². The van der Waals surface area contributed by atoms with E-state index in [1.807, 2.05) is 0 Å². The summed E-state index contributed by atoms with van der Waals surface area (Å²) in [5.41, 5.74) is 1.53. The molecule has 0 unspecified atom stereocenters. The molecule has 0 bridgehead atoms. The van der Waals surface area contributed by atoms with Gasteiger partial charge in [-0.2, -0.15) is 0 Å². The van der Waals surface area contributed by atoms with Crippen molar-refractivity contribution in [2.45, 2.75) is 57.2 Å². The molecule has 106 valence electrons. The van der Waals surface area contributed by atoms with Crippen LogP contribution in [0.2, 0.25) is 18.1 Å². The first-order valence-corrected chi connectivity index (χ1v) is 10.3. The van der Waals surface area contributed by atoms with Crippen LogP contribution < -0.4 is 4.74 Å². The molecule has 1 nitrogen and oxygen atoms in total. The Bertz CT molecular complexity index is 363. The summed E-state index contributed by atoms with van der Waals surface area (Å²) in [6.07, 6.45) is 4.33. The van der Waals surface area contributed by atoms with Crippen LogP contribution in [-0.2, 0) is 0 Å². The molecule has 1 saturated heterocycles. The first-order valence-electron chi connectivity index (χ1n) is 7.83. The van der Waals surface area contributed by atoms with Gasteiger partial charge in [-0.1, -0.05) is 50.5 Å². The van der Waals surface area contributed by atoms with Crippen molar-refractivity contribution >= 4 is 8.80 Å². The number of benzene rings is 1. The zero-order valence-corrected chi connectivity index (χ0v) is 13.8. The zero-order chi connectivity index (χ0) is 13.7. The third kappa shape index (κ3) is 4.38. The molecule has 1 heterocycles. The molecule has 0 atom stereocenters. The van der Waals surface area contributed by atoms with Crippen LogP contribution in [0.25, 0.3) is 0 Å². The lowest BCUT2D eigenvalue weighted by Gasteiger charge is -2.28. The maximum Gasteiger partial charge on any atom is 0.118 e. The molecule has 1 aromatic rings. The number of hydrogen-bond donors (Lipinski definition) is 0. The lowest BCUT2D eigenvalue weighted by Crippen LogP contribution is -2.20. The normalized spacial score (nSPS) is 23.6. The van der Waals surface area contributed by atoms with Gasteiger partial charge in [0.2, 0.25) is 0 Å². The number of rotatable bonds is 5. The minimum Gasteiger partial charge on any atom is -0.497 e. The van der Waals surface area contributed by atoms with Crippen LogP contribution in [-0.4, -0.2) is 15.9 Å². The zero-order valence-electron chi connectivity index (χ0n) is 12.7. The van der Waals surface area contributed by atoms with Crippen LogP contribution >= 0.6 is 0 Å². The maximum atomic E-state index is 5.23. The summed E-state index contributed by atoms with van der Waals surface area (Å²) in [7, 11) is 1.35. The lowest BCUT2D eigenvalue weighted by molar-refractivity contribution is 0.414. The fourth-order valence-corrected chi connectivity index (χ4v) is 6.98. The highest BCUT2D eigenvalue weighted by Crippen LogP contribution is 2.35. The van der Waals surface area contributed by atoms with E-state index in [-0.39, 0.29) is 8.80 Å². The molecule has 19 heavy (non-hydrogen) atoms. The highest BCUT2D eigenvalue weighted by molar-refractivity contribution is 6.59. The van der Waals surface area contributed by atoms with E-state index in [0.717, 1.165) is 17.6 Å². The van der Waals surface area contributed by atoms with Gasteiger partial charge in [-0.15, -0.1) is 0 Å². The third-order valence-electron chi connectivity index (χ3n) is 4.59. The van der Waals surface area contributed by atoms with E-state index in [0.29, 0.717) is 0 Å². The van der Waals surface area contributed by atoms with Crippen molar-refractivity contribution in [2.24, 2.45) is 5.92 Å². The molecule has 1 aromatic carbocycles. The summed E-state index contributed by atoms with van der Waals surface area (Å²) in [6, 6.07) is 13.4. The molecule has 0 radical (unpaired) electrons. The van der Waals surface area contributed by atoms with Crippen molar-refractivity contribution in [3.63, 3.8) is 0 Å². The average molecular weight is 276 g/mol. The van der Waals surface area contributed by atoms with Crippen molar-refractivity contribution in [1.29, 1.82) is 0 Å². The summed E-state index contributed by atoms with van der Waals surface area (Å²) in [5, 5.41) is 0. The highest BCUT2D eigenvalue weighted by Gasteiger charge is 2.23. The van der Waals surface area contributed by atoms with Gasteiger partial charge in [-0.25, -0.2) is 0 Å². The standard InChI is InChI=1S/C17H28OSi/c1-14(2)8-11-19-12-9-16(10-13-19)15-4-6-17(18-3)7-5-15/h4-7,14,16,19H,8-13H2,1-3H3. The van der Waals surface area contributed by atoms with Crippen LogP contribution in [0.15, 0.2) is 24.3 Å². The first kappa shape index (κ1) is 14.6. The van der Waals surface area contributed by atoms with E-state index < -0.39 is 0 Å². The van der Waals surface area contributed by atoms with Crippen molar-refractivity contribution < 1.29 is 4.74 Å². The smallest absolute Gasteiger partial charge is 0.118 e. The molecule has 0 aliphatic carbocycles. The van der Waals surface area contributed by atoms with Gasteiger partial charge in [-0.3, -0.25) is 0 Å². The Hall–Kier alpha value is -0.763. The molecule has 0 aromatic heterocycles. The van der Waals surface area contributed by atoms with Crippen LogP contribution in [0, 0.1) is 5.92 Å². The monoisotopic (exact) mass is 276 g/mol. The quantitative estimate of drug-likeness (QED) is 0.699. The first-order chi connectivity index (χ1) is 9.19.